The highest BCUT2D eigenvalue weighted by Crippen LogP contribution is 2.28. The molecule has 0 spiro atoms. The number of anilines is 1. The number of H-pyrrole nitrogens is 1. The van der Waals surface area contributed by atoms with E-state index >= 15 is 0 Å². The van der Waals surface area contributed by atoms with Crippen molar-refractivity contribution in [3.8, 4) is 5.75 Å². The molecule has 2 aromatic carbocycles. The van der Waals surface area contributed by atoms with Gasteiger partial charge in [-0.05, 0) is 48.7 Å². The third kappa shape index (κ3) is 3.55. The number of methoxy groups -OCH3 is 1. The molecular weight excluding hydrogens is 330 g/mol. The third-order valence-electron chi connectivity index (χ3n) is 4.52. The van der Waals surface area contributed by atoms with Gasteiger partial charge < -0.3 is 19.8 Å². The minimum Gasteiger partial charge on any atom is -0.497 e. The fourth-order valence-corrected chi connectivity index (χ4v) is 3.23. The number of carbonyl (C=O) groups is 1. The molecule has 3 aromatic rings. The molecule has 1 aliphatic rings. The van der Waals surface area contributed by atoms with Crippen LogP contribution in [0.3, 0.4) is 0 Å². The Morgan fingerprint density at radius 2 is 2.27 bits per heavy atom. The molecule has 4 rings (SSSR count). The minimum atomic E-state index is -0.0727. The normalized spacial score (nSPS) is 16.7. The van der Waals surface area contributed by atoms with E-state index in [0.717, 1.165) is 53.3 Å². The topological polar surface area (TPSA) is 76.2 Å². The summed E-state index contributed by atoms with van der Waals surface area (Å²) >= 11 is 0. The summed E-state index contributed by atoms with van der Waals surface area (Å²) in [4.78, 5) is 20.2. The van der Waals surface area contributed by atoms with Crippen LogP contribution < -0.4 is 10.1 Å². The zero-order chi connectivity index (χ0) is 17.9. The van der Waals surface area contributed by atoms with Gasteiger partial charge in [0.05, 0.1) is 24.6 Å². The van der Waals surface area contributed by atoms with E-state index in [9.17, 15) is 4.79 Å². The molecule has 1 fully saturated rings. The number of imidazole rings is 1. The lowest BCUT2D eigenvalue weighted by atomic mass is 10.1. The first-order valence-corrected chi connectivity index (χ1v) is 8.75. The average molecular weight is 351 g/mol. The van der Waals surface area contributed by atoms with Crippen LogP contribution in [0.25, 0.3) is 11.0 Å². The number of amides is 1. The second kappa shape index (κ2) is 7.17. The maximum atomic E-state index is 12.3. The van der Waals surface area contributed by atoms with Crippen LogP contribution in [-0.2, 0) is 16.0 Å². The molecule has 0 radical (unpaired) electrons. The van der Waals surface area contributed by atoms with E-state index in [1.54, 1.807) is 7.11 Å². The Hall–Kier alpha value is -2.86. The number of carbonyl (C=O) groups excluding carboxylic acids is 1. The van der Waals surface area contributed by atoms with Gasteiger partial charge in [0, 0.05) is 12.3 Å². The van der Waals surface area contributed by atoms with Crippen molar-refractivity contribution in [2.45, 2.75) is 25.4 Å². The first-order chi connectivity index (χ1) is 12.7. The largest absolute Gasteiger partial charge is 0.497 e. The van der Waals surface area contributed by atoms with Crippen molar-refractivity contribution in [2.75, 3.05) is 19.0 Å². The van der Waals surface area contributed by atoms with Crippen molar-refractivity contribution in [2.24, 2.45) is 0 Å². The maximum absolute atomic E-state index is 12.3. The van der Waals surface area contributed by atoms with Crippen LogP contribution in [0, 0.1) is 0 Å². The summed E-state index contributed by atoms with van der Waals surface area (Å²) in [7, 11) is 1.61. The van der Waals surface area contributed by atoms with E-state index in [1.807, 2.05) is 42.5 Å². The number of aromatic amines is 1. The van der Waals surface area contributed by atoms with Crippen molar-refractivity contribution in [1.29, 1.82) is 0 Å². The highest BCUT2D eigenvalue weighted by Gasteiger charge is 2.21. The Morgan fingerprint density at radius 3 is 3.08 bits per heavy atom. The number of hydrogen-bond donors (Lipinski definition) is 2. The summed E-state index contributed by atoms with van der Waals surface area (Å²) in [6.07, 6.45) is 2.39. The number of nitrogens with zero attached hydrogens (tertiary/aromatic N) is 1. The van der Waals surface area contributed by atoms with Gasteiger partial charge in [0.15, 0.2) is 0 Å². The van der Waals surface area contributed by atoms with Crippen molar-refractivity contribution >= 4 is 22.6 Å². The Kier molecular flexibility index (Phi) is 4.58. The second-order valence-corrected chi connectivity index (χ2v) is 6.43. The number of fused-ring (bicyclic) bond motifs is 1. The molecule has 1 amide bonds. The van der Waals surface area contributed by atoms with E-state index in [0.29, 0.717) is 6.42 Å². The first kappa shape index (κ1) is 16.6. The third-order valence-corrected chi connectivity index (χ3v) is 4.52. The maximum Gasteiger partial charge on any atom is 0.228 e. The fourth-order valence-electron chi connectivity index (χ4n) is 3.23. The predicted molar refractivity (Wildman–Crippen MR) is 99.3 cm³/mol. The van der Waals surface area contributed by atoms with Crippen LogP contribution in [0.15, 0.2) is 42.5 Å². The lowest BCUT2D eigenvalue weighted by Gasteiger charge is -2.06. The van der Waals surface area contributed by atoms with Crippen LogP contribution >= 0.6 is 0 Å². The first-order valence-electron chi connectivity index (χ1n) is 8.75. The van der Waals surface area contributed by atoms with Gasteiger partial charge in [-0.15, -0.1) is 0 Å². The molecule has 134 valence electrons. The van der Waals surface area contributed by atoms with Gasteiger partial charge in [-0.25, -0.2) is 4.98 Å². The summed E-state index contributed by atoms with van der Waals surface area (Å²) in [6.45, 7) is 0.785. The zero-order valence-corrected chi connectivity index (χ0v) is 14.6. The molecule has 1 aliphatic heterocycles. The van der Waals surface area contributed by atoms with Crippen molar-refractivity contribution in [1.82, 2.24) is 9.97 Å². The highest BCUT2D eigenvalue weighted by atomic mass is 16.5. The molecule has 6 heteroatoms. The minimum absolute atomic E-state index is 0.0495. The standard InChI is InChI=1S/C20H21N3O3/c1-25-15-5-2-4-13(10-15)11-19(24)21-14-7-8-16-17(12-14)23-20(22-16)18-6-3-9-26-18/h2,4-5,7-8,10,12,18H,3,6,9,11H2,1H3,(H,21,24)(H,22,23). The molecule has 1 unspecified atom stereocenters. The number of aromatic nitrogens is 2. The monoisotopic (exact) mass is 351 g/mol. The van der Waals surface area contributed by atoms with Crippen LogP contribution in [-0.4, -0.2) is 29.6 Å². The highest BCUT2D eigenvalue weighted by molar-refractivity contribution is 5.94. The molecular formula is C20H21N3O3. The zero-order valence-electron chi connectivity index (χ0n) is 14.6. The molecule has 0 aliphatic carbocycles. The van der Waals surface area contributed by atoms with Gasteiger partial charge >= 0.3 is 0 Å². The van der Waals surface area contributed by atoms with Crippen molar-refractivity contribution in [3.63, 3.8) is 0 Å². The predicted octanol–water partition coefficient (Wildman–Crippen LogP) is 3.60. The molecule has 26 heavy (non-hydrogen) atoms. The van der Waals surface area contributed by atoms with Crippen LogP contribution in [0.5, 0.6) is 5.75 Å². The summed E-state index contributed by atoms with van der Waals surface area (Å²) in [5, 5.41) is 2.94. The van der Waals surface area contributed by atoms with Crippen LogP contribution in [0.2, 0.25) is 0 Å². The second-order valence-electron chi connectivity index (χ2n) is 6.43. The SMILES string of the molecule is COc1cccc(CC(=O)Nc2ccc3nc(C4CCCO4)[nH]c3c2)c1. The number of nitrogens with one attached hydrogen (secondary N) is 2. The molecule has 1 atom stereocenters. The molecule has 2 heterocycles. The lowest BCUT2D eigenvalue weighted by molar-refractivity contribution is -0.115. The Morgan fingerprint density at radius 1 is 1.35 bits per heavy atom. The van der Waals surface area contributed by atoms with Gasteiger partial charge in [-0.2, -0.15) is 0 Å². The van der Waals surface area contributed by atoms with Crippen LogP contribution in [0.4, 0.5) is 5.69 Å². The van der Waals surface area contributed by atoms with Gasteiger partial charge in [0.1, 0.15) is 17.7 Å². The van der Waals surface area contributed by atoms with E-state index < -0.39 is 0 Å². The van der Waals surface area contributed by atoms with Gasteiger partial charge in [-0.3, -0.25) is 4.79 Å². The number of ether oxygens (including phenoxy) is 2. The Bertz CT molecular complexity index is 929. The molecule has 1 saturated heterocycles. The van der Waals surface area contributed by atoms with Gasteiger partial charge in [-0.1, -0.05) is 12.1 Å². The smallest absolute Gasteiger partial charge is 0.228 e. The molecule has 6 nitrogen and oxygen atoms in total. The summed E-state index contributed by atoms with van der Waals surface area (Å²) in [5.41, 5.74) is 3.43. The quantitative estimate of drug-likeness (QED) is 0.736. The molecule has 0 saturated carbocycles. The summed E-state index contributed by atoms with van der Waals surface area (Å²) in [6, 6.07) is 13.2. The molecule has 0 bridgehead atoms. The van der Waals surface area contributed by atoms with E-state index in [2.05, 4.69) is 15.3 Å². The van der Waals surface area contributed by atoms with Gasteiger partial charge in [0.2, 0.25) is 5.91 Å². The van der Waals surface area contributed by atoms with E-state index in [-0.39, 0.29) is 12.0 Å². The van der Waals surface area contributed by atoms with Crippen molar-refractivity contribution < 1.29 is 14.3 Å². The number of benzene rings is 2. The molecule has 2 N–H and O–H groups in total. The van der Waals surface area contributed by atoms with Gasteiger partial charge in [0.25, 0.3) is 0 Å². The Labute approximate surface area is 151 Å². The Balaban J connectivity index is 1.46. The summed E-state index contributed by atoms with van der Waals surface area (Å²) < 4.78 is 10.9. The fraction of sp³-hybridized carbons (Fsp3) is 0.300. The van der Waals surface area contributed by atoms with Crippen LogP contribution in [0.1, 0.15) is 30.3 Å². The summed E-state index contributed by atoms with van der Waals surface area (Å²) in [5.74, 6) is 1.53. The number of hydrogen-bond acceptors (Lipinski definition) is 4. The molecule has 1 aromatic heterocycles. The lowest BCUT2D eigenvalue weighted by Crippen LogP contribution is -2.14. The van der Waals surface area contributed by atoms with E-state index in [4.69, 9.17) is 9.47 Å². The van der Waals surface area contributed by atoms with E-state index in [1.165, 1.54) is 0 Å². The average Bonchev–Trinajstić information content (AvgIpc) is 3.30. The number of rotatable bonds is 5. The van der Waals surface area contributed by atoms with Crippen molar-refractivity contribution in [3.05, 3.63) is 53.9 Å².